The molecule has 7 nitrogen and oxygen atoms in total. The number of aliphatic carboxylic acids is 1. The summed E-state index contributed by atoms with van der Waals surface area (Å²) in [6.07, 6.45) is 0.117. The minimum atomic E-state index is -1.11. The molecule has 8 heteroatoms. The van der Waals surface area contributed by atoms with Crippen LogP contribution in [-0.2, 0) is 26.5 Å². The van der Waals surface area contributed by atoms with E-state index in [1.807, 2.05) is 42.5 Å². The zero-order chi connectivity index (χ0) is 23.2. The quantitative estimate of drug-likeness (QED) is 0.303. The van der Waals surface area contributed by atoms with Gasteiger partial charge in [-0.15, -0.1) is 0 Å². The summed E-state index contributed by atoms with van der Waals surface area (Å²) in [5.74, 6) is -1.38. The molecule has 1 unspecified atom stereocenters. The van der Waals surface area contributed by atoms with Crippen molar-refractivity contribution >= 4 is 47.1 Å². The van der Waals surface area contributed by atoms with Crippen molar-refractivity contribution in [2.75, 3.05) is 11.1 Å². The van der Waals surface area contributed by atoms with Gasteiger partial charge in [-0.3, -0.25) is 0 Å². The second-order valence-corrected chi connectivity index (χ2v) is 10.5. The number of nitrogens with one attached hydrogen (secondary N) is 1. The Bertz CT molecular complexity index is 1280. The van der Waals surface area contributed by atoms with E-state index in [0.29, 0.717) is 18.0 Å². The molecular weight excluding hydrogens is 485 g/mol. The fourth-order valence-electron chi connectivity index (χ4n) is 4.49. The van der Waals surface area contributed by atoms with Gasteiger partial charge in [0.05, 0.1) is 0 Å². The molecule has 0 saturated carbocycles. The molecule has 0 aromatic heterocycles. The normalized spacial score (nSPS) is 18.8. The standard InChI is InChI=1S/C25H23N3O4Se/c26-15-5-7-18-21(11-15)33-22-12-16(28-23(29)10-9-20(27)24(30)31)6-8-19(22)25(18)17-4-2-1-3-14(17)13-32-25/h1-8,11-12,20H,9-10,13,26-27H2,(H,28,29)(H,30,31)/t20-,25?/m0/s1. The molecule has 0 fully saturated rings. The molecule has 3 aromatic rings. The zero-order valence-electron chi connectivity index (χ0n) is 17.7. The number of rotatable bonds is 5. The molecule has 168 valence electrons. The fraction of sp³-hybridized carbons (Fsp3) is 0.200. The maximum absolute atomic E-state index is 12.4. The minimum absolute atomic E-state index is 0.0292. The van der Waals surface area contributed by atoms with Crippen LogP contribution in [0.1, 0.15) is 35.1 Å². The molecule has 6 N–H and O–H groups in total. The Labute approximate surface area is 197 Å². The van der Waals surface area contributed by atoms with Crippen LogP contribution in [0.2, 0.25) is 0 Å². The van der Waals surface area contributed by atoms with E-state index < -0.39 is 17.6 Å². The summed E-state index contributed by atoms with van der Waals surface area (Å²) < 4.78 is 8.83. The summed E-state index contributed by atoms with van der Waals surface area (Å²) in [7, 11) is 0. The van der Waals surface area contributed by atoms with Gasteiger partial charge < -0.3 is 0 Å². The Kier molecular flexibility index (Phi) is 5.46. The van der Waals surface area contributed by atoms with Gasteiger partial charge in [0, 0.05) is 0 Å². The summed E-state index contributed by atoms with van der Waals surface area (Å²) in [5.41, 5.74) is 16.8. The second-order valence-electron chi connectivity index (χ2n) is 8.23. The molecular formula is C25H23N3O4Se. The number of benzene rings is 3. The van der Waals surface area contributed by atoms with Gasteiger partial charge in [-0.1, -0.05) is 0 Å². The van der Waals surface area contributed by atoms with Gasteiger partial charge in [-0.05, 0) is 0 Å². The average Bonchev–Trinajstić information content (AvgIpc) is 3.17. The number of carbonyl (C=O) groups excluding carboxylic acids is 1. The number of hydrogen-bond acceptors (Lipinski definition) is 5. The Morgan fingerprint density at radius 1 is 1.06 bits per heavy atom. The Morgan fingerprint density at radius 2 is 1.79 bits per heavy atom. The maximum atomic E-state index is 12.4. The number of nitrogen functional groups attached to an aromatic ring is 1. The van der Waals surface area contributed by atoms with Crippen LogP contribution in [0.15, 0.2) is 60.7 Å². The molecule has 33 heavy (non-hydrogen) atoms. The molecule has 2 atom stereocenters. The molecule has 2 aliphatic heterocycles. The van der Waals surface area contributed by atoms with E-state index in [-0.39, 0.29) is 33.7 Å². The van der Waals surface area contributed by atoms with Gasteiger partial charge >= 0.3 is 197 Å². The van der Waals surface area contributed by atoms with Gasteiger partial charge in [-0.25, -0.2) is 0 Å². The van der Waals surface area contributed by atoms with Crippen molar-refractivity contribution in [2.24, 2.45) is 5.73 Å². The summed E-state index contributed by atoms with van der Waals surface area (Å²) in [5, 5.41) is 11.8. The molecule has 0 aliphatic carbocycles. The third-order valence-corrected chi connectivity index (χ3v) is 8.43. The number of carboxylic acid groups (broad SMARTS) is 1. The molecule has 2 heterocycles. The zero-order valence-corrected chi connectivity index (χ0v) is 19.4. The van der Waals surface area contributed by atoms with Crippen molar-refractivity contribution in [2.45, 2.75) is 31.1 Å². The molecule has 5 rings (SSSR count). The van der Waals surface area contributed by atoms with E-state index in [1.165, 1.54) is 0 Å². The Hall–Kier alpha value is -3.16. The van der Waals surface area contributed by atoms with Gasteiger partial charge in [0.1, 0.15) is 0 Å². The topological polar surface area (TPSA) is 128 Å². The van der Waals surface area contributed by atoms with E-state index in [0.717, 1.165) is 31.2 Å². The average molecular weight is 508 g/mol. The monoisotopic (exact) mass is 509 g/mol. The summed E-state index contributed by atoms with van der Waals surface area (Å²) >= 11 is -0.0292. The first kappa shape index (κ1) is 21.7. The van der Waals surface area contributed by atoms with Crippen molar-refractivity contribution in [1.29, 1.82) is 0 Å². The van der Waals surface area contributed by atoms with E-state index in [4.69, 9.17) is 21.3 Å². The van der Waals surface area contributed by atoms with Gasteiger partial charge in [0.2, 0.25) is 0 Å². The van der Waals surface area contributed by atoms with E-state index >= 15 is 0 Å². The van der Waals surface area contributed by atoms with Crippen LogP contribution in [0.3, 0.4) is 0 Å². The molecule has 0 saturated heterocycles. The summed E-state index contributed by atoms with van der Waals surface area (Å²) in [6, 6.07) is 19.1. The predicted molar refractivity (Wildman–Crippen MR) is 127 cm³/mol. The van der Waals surface area contributed by atoms with Crippen LogP contribution >= 0.6 is 0 Å². The number of nitrogens with two attached hydrogens (primary N) is 2. The Morgan fingerprint density at radius 3 is 2.58 bits per heavy atom. The molecule has 2 aliphatic rings. The van der Waals surface area contributed by atoms with Crippen LogP contribution in [0.5, 0.6) is 0 Å². The number of amides is 1. The third-order valence-electron chi connectivity index (χ3n) is 6.09. The van der Waals surface area contributed by atoms with Crippen LogP contribution in [-0.4, -0.2) is 38.0 Å². The van der Waals surface area contributed by atoms with E-state index in [9.17, 15) is 9.59 Å². The molecule has 0 radical (unpaired) electrons. The predicted octanol–water partition coefficient (Wildman–Crippen LogP) is 1.19. The number of hydrogen-bond donors (Lipinski definition) is 4. The fourth-order valence-corrected chi connectivity index (χ4v) is 7.13. The number of anilines is 2. The van der Waals surface area contributed by atoms with Gasteiger partial charge in [-0.2, -0.15) is 0 Å². The molecule has 3 aromatic carbocycles. The van der Waals surface area contributed by atoms with Crippen LogP contribution in [0, 0.1) is 0 Å². The Balaban J connectivity index is 1.51. The van der Waals surface area contributed by atoms with Crippen molar-refractivity contribution in [3.8, 4) is 0 Å². The molecule has 1 spiro atoms. The number of carboxylic acids is 1. The summed E-state index contributed by atoms with van der Waals surface area (Å²) in [4.78, 5) is 23.3. The van der Waals surface area contributed by atoms with Crippen LogP contribution < -0.4 is 25.7 Å². The van der Waals surface area contributed by atoms with Crippen molar-refractivity contribution in [3.63, 3.8) is 0 Å². The molecule has 0 bridgehead atoms. The van der Waals surface area contributed by atoms with Crippen LogP contribution in [0.25, 0.3) is 0 Å². The van der Waals surface area contributed by atoms with E-state index in [2.05, 4.69) is 23.5 Å². The number of carbonyl (C=O) groups is 2. The number of fused-ring (bicyclic) bond motifs is 6. The third kappa shape index (κ3) is 3.71. The van der Waals surface area contributed by atoms with Crippen molar-refractivity contribution < 1.29 is 19.4 Å². The first-order valence-electron chi connectivity index (χ1n) is 10.6. The van der Waals surface area contributed by atoms with Crippen molar-refractivity contribution in [3.05, 3.63) is 82.9 Å². The SMILES string of the molecule is Nc1ccc2c(c1)[Se]c1cc(NC(=O)CC[C@H](N)C(=O)O)ccc1C21OCc2ccccc21. The van der Waals surface area contributed by atoms with Gasteiger partial charge in [0.25, 0.3) is 0 Å². The van der Waals surface area contributed by atoms with E-state index in [1.54, 1.807) is 0 Å². The first-order valence-corrected chi connectivity index (χ1v) is 12.3. The number of ether oxygens (including phenoxy) is 1. The second kappa shape index (κ2) is 8.32. The van der Waals surface area contributed by atoms with Crippen molar-refractivity contribution in [1.82, 2.24) is 0 Å². The van der Waals surface area contributed by atoms with Gasteiger partial charge in [0.15, 0.2) is 0 Å². The molecule has 1 amide bonds. The van der Waals surface area contributed by atoms with Crippen LogP contribution in [0.4, 0.5) is 11.4 Å². The first-order chi connectivity index (χ1) is 15.9. The summed E-state index contributed by atoms with van der Waals surface area (Å²) in [6.45, 7) is 0.523.